The van der Waals surface area contributed by atoms with E-state index in [-0.39, 0.29) is 17.4 Å². The maximum absolute atomic E-state index is 12.2. The SMILES string of the molecule is COC1CCCN(C(=O)[C@@H](N)C(C)(C)C)C1. The van der Waals surface area contributed by atoms with Crippen molar-refractivity contribution < 1.29 is 9.53 Å². The average molecular weight is 228 g/mol. The Morgan fingerprint density at radius 2 is 2.12 bits per heavy atom. The number of hydrogen-bond donors (Lipinski definition) is 1. The normalized spacial score (nSPS) is 24.3. The molecule has 0 bridgehead atoms. The first-order valence-electron chi connectivity index (χ1n) is 5.93. The molecule has 1 amide bonds. The van der Waals surface area contributed by atoms with Crippen LogP contribution in [0.5, 0.6) is 0 Å². The molecule has 0 aliphatic carbocycles. The van der Waals surface area contributed by atoms with Crippen molar-refractivity contribution in [2.24, 2.45) is 11.1 Å². The fraction of sp³-hybridized carbons (Fsp3) is 0.917. The van der Waals surface area contributed by atoms with Crippen LogP contribution in [0.3, 0.4) is 0 Å². The Labute approximate surface area is 98.1 Å². The molecule has 0 aromatic carbocycles. The van der Waals surface area contributed by atoms with E-state index < -0.39 is 6.04 Å². The van der Waals surface area contributed by atoms with Crippen molar-refractivity contribution in [3.63, 3.8) is 0 Å². The minimum Gasteiger partial charge on any atom is -0.380 e. The van der Waals surface area contributed by atoms with Gasteiger partial charge in [-0.15, -0.1) is 0 Å². The van der Waals surface area contributed by atoms with Gasteiger partial charge in [0.25, 0.3) is 0 Å². The lowest BCUT2D eigenvalue weighted by atomic mass is 9.86. The van der Waals surface area contributed by atoms with Crippen LogP contribution in [0.4, 0.5) is 0 Å². The Bertz CT molecular complexity index is 248. The summed E-state index contributed by atoms with van der Waals surface area (Å²) >= 11 is 0. The standard InChI is InChI=1S/C12H24N2O2/c1-12(2,3)10(13)11(15)14-7-5-6-9(8-14)16-4/h9-10H,5-8,13H2,1-4H3/t9?,10-/m1/s1. The first-order valence-corrected chi connectivity index (χ1v) is 5.93. The van der Waals surface area contributed by atoms with Crippen LogP contribution in [-0.4, -0.2) is 43.2 Å². The quantitative estimate of drug-likeness (QED) is 0.767. The summed E-state index contributed by atoms with van der Waals surface area (Å²) in [7, 11) is 1.70. The molecular formula is C12H24N2O2. The highest BCUT2D eigenvalue weighted by Crippen LogP contribution is 2.21. The van der Waals surface area contributed by atoms with Crippen molar-refractivity contribution in [1.82, 2.24) is 4.90 Å². The molecule has 1 aliphatic rings. The van der Waals surface area contributed by atoms with Crippen LogP contribution in [0.1, 0.15) is 33.6 Å². The second-order valence-electron chi connectivity index (χ2n) is 5.63. The predicted molar refractivity (Wildman–Crippen MR) is 64.0 cm³/mol. The summed E-state index contributed by atoms with van der Waals surface area (Å²) in [5, 5.41) is 0. The summed E-state index contributed by atoms with van der Waals surface area (Å²) in [5.41, 5.74) is 5.80. The Morgan fingerprint density at radius 3 is 2.62 bits per heavy atom. The van der Waals surface area contributed by atoms with Crippen molar-refractivity contribution in [2.75, 3.05) is 20.2 Å². The number of carbonyl (C=O) groups excluding carboxylic acids is 1. The van der Waals surface area contributed by atoms with Crippen LogP contribution in [0.2, 0.25) is 0 Å². The minimum atomic E-state index is -0.428. The monoisotopic (exact) mass is 228 g/mol. The molecular weight excluding hydrogens is 204 g/mol. The third-order valence-corrected chi connectivity index (χ3v) is 3.22. The molecule has 1 fully saturated rings. The highest BCUT2D eigenvalue weighted by molar-refractivity contribution is 5.82. The van der Waals surface area contributed by atoms with Crippen molar-refractivity contribution in [3.8, 4) is 0 Å². The highest BCUT2D eigenvalue weighted by atomic mass is 16.5. The van der Waals surface area contributed by atoms with Gasteiger partial charge in [-0.25, -0.2) is 0 Å². The molecule has 0 aromatic rings. The van der Waals surface area contributed by atoms with E-state index in [1.807, 2.05) is 25.7 Å². The van der Waals surface area contributed by atoms with Crippen LogP contribution in [-0.2, 0) is 9.53 Å². The number of rotatable bonds is 2. The molecule has 4 heteroatoms. The number of ether oxygens (including phenoxy) is 1. The number of likely N-dealkylation sites (tertiary alicyclic amines) is 1. The molecule has 1 heterocycles. The van der Waals surface area contributed by atoms with E-state index in [1.54, 1.807) is 7.11 Å². The fourth-order valence-corrected chi connectivity index (χ4v) is 1.90. The Kier molecular flexibility index (Phi) is 4.33. The molecule has 0 aromatic heterocycles. The molecule has 1 saturated heterocycles. The zero-order chi connectivity index (χ0) is 12.3. The summed E-state index contributed by atoms with van der Waals surface area (Å²) in [4.78, 5) is 14.0. The first-order chi connectivity index (χ1) is 7.36. The van der Waals surface area contributed by atoms with E-state index in [1.165, 1.54) is 0 Å². The second-order valence-corrected chi connectivity index (χ2v) is 5.63. The molecule has 1 rings (SSSR count). The largest absolute Gasteiger partial charge is 0.380 e. The zero-order valence-electron chi connectivity index (χ0n) is 10.8. The molecule has 94 valence electrons. The molecule has 0 radical (unpaired) electrons. The number of methoxy groups -OCH3 is 1. The van der Waals surface area contributed by atoms with E-state index >= 15 is 0 Å². The van der Waals surface area contributed by atoms with E-state index in [2.05, 4.69) is 0 Å². The second kappa shape index (κ2) is 5.15. The smallest absolute Gasteiger partial charge is 0.240 e. The molecule has 4 nitrogen and oxygen atoms in total. The van der Waals surface area contributed by atoms with Gasteiger partial charge >= 0.3 is 0 Å². The van der Waals surface area contributed by atoms with Crippen LogP contribution in [0, 0.1) is 5.41 Å². The van der Waals surface area contributed by atoms with Gasteiger partial charge in [0.2, 0.25) is 5.91 Å². The highest BCUT2D eigenvalue weighted by Gasteiger charge is 2.33. The van der Waals surface area contributed by atoms with Crippen LogP contribution < -0.4 is 5.73 Å². The molecule has 0 saturated carbocycles. The molecule has 2 atom stereocenters. The van der Waals surface area contributed by atoms with Crippen molar-refractivity contribution in [2.45, 2.75) is 45.8 Å². The zero-order valence-corrected chi connectivity index (χ0v) is 10.8. The predicted octanol–water partition coefficient (Wildman–Crippen LogP) is 0.997. The van der Waals surface area contributed by atoms with Gasteiger partial charge in [-0.2, -0.15) is 0 Å². The van der Waals surface area contributed by atoms with Crippen LogP contribution in [0.25, 0.3) is 0 Å². The molecule has 1 aliphatic heterocycles. The number of hydrogen-bond acceptors (Lipinski definition) is 3. The van der Waals surface area contributed by atoms with Gasteiger partial charge in [0, 0.05) is 20.2 Å². The van der Waals surface area contributed by atoms with Gasteiger partial charge in [-0.1, -0.05) is 20.8 Å². The summed E-state index contributed by atoms with van der Waals surface area (Å²) in [6, 6.07) is -0.428. The maximum atomic E-state index is 12.2. The molecule has 1 unspecified atom stereocenters. The minimum absolute atomic E-state index is 0.0502. The molecule has 2 N–H and O–H groups in total. The number of nitrogens with two attached hydrogens (primary N) is 1. The van der Waals surface area contributed by atoms with Gasteiger partial charge in [0.1, 0.15) is 0 Å². The number of amides is 1. The Balaban J connectivity index is 2.60. The van der Waals surface area contributed by atoms with Gasteiger partial charge in [0.05, 0.1) is 12.1 Å². The van der Waals surface area contributed by atoms with E-state index in [0.717, 1.165) is 19.4 Å². The van der Waals surface area contributed by atoms with Crippen molar-refractivity contribution in [3.05, 3.63) is 0 Å². The van der Waals surface area contributed by atoms with Gasteiger partial charge in [-0.05, 0) is 18.3 Å². The molecule has 16 heavy (non-hydrogen) atoms. The lowest BCUT2D eigenvalue weighted by Crippen LogP contribution is -2.53. The van der Waals surface area contributed by atoms with Crippen LogP contribution >= 0.6 is 0 Å². The summed E-state index contributed by atoms with van der Waals surface area (Å²) < 4.78 is 5.30. The number of carbonyl (C=O) groups is 1. The van der Waals surface area contributed by atoms with Gasteiger partial charge in [0.15, 0.2) is 0 Å². The summed E-state index contributed by atoms with van der Waals surface area (Å²) in [5.74, 6) is 0.0502. The van der Waals surface area contributed by atoms with Gasteiger partial charge in [-0.3, -0.25) is 4.79 Å². The van der Waals surface area contributed by atoms with E-state index in [4.69, 9.17) is 10.5 Å². The number of piperidine rings is 1. The average Bonchev–Trinajstić information content (AvgIpc) is 2.26. The summed E-state index contributed by atoms with van der Waals surface area (Å²) in [6.07, 6.45) is 2.21. The van der Waals surface area contributed by atoms with Gasteiger partial charge < -0.3 is 15.4 Å². The lowest BCUT2D eigenvalue weighted by molar-refractivity contribution is -0.138. The first kappa shape index (κ1) is 13.5. The Morgan fingerprint density at radius 1 is 1.50 bits per heavy atom. The van der Waals surface area contributed by atoms with Crippen molar-refractivity contribution >= 4 is 5.91 Å². The third kappa shape index (κ3) is 3.19. The van der Waals surface area contributed by atoms with Crippen LogP contribution in [0.15, 0.2) is 0 Å². The van der Waals surface area contributed by atoms with E-state index in [9.17, 15) is 4.79 Å². The van der Waals surface area contributed by atoms with Crippen molar-refractivity contribution in [1.29, 1.82) is 0 Å². The topological polar surface area (TPSA) is 55.6 Å². The molecule has 0 spiro atoms. The van der Waals surface area contributed by atoms with E-state index in [0.29, 0.717) is 6.54 Å². The number of nitrogens with zero attached hydrogens (tertiary/aromatic N) is 1. The maximum Gasteiger partial charge on any atom is 0.240 e. The third-order valence-electron chi connectivity index (χ3n) is 3.22. The summed E-state index contributed by atoms with van der Waals surface area (Å²) in [6.45, 7) is 7.47. The Hall–Kier alpha value is -0.610. The lowest BCUT2D eigenvalue weighted by Gasteiger charge is -2.36. The fourth-order valence-electron chi connectivity index (χ4n) is 1.90.